The van der Waals surface area contributed by atoms with Gasteiger partial charge in [0.2, 0.25) is 0 Å². The molecule has 0 atom stereocenters. The summed E-state index contributed by atoms with van der Waals surface area (Å²) in [4.78, 5) is 13.7. The van der Waals surface area contributed by atoms with Gasteiger partial charge < -0.3 is 14.4 Å². The molecular weight excluding hydrogens is 422 g/mol. The molecule has 0 amide bonds. The Balaban J connectivity index is 1.33. The first-order valence-corrected chi connectivity index (χ1v) is 11.6. The predicted octanol–water partition coefficient (Wildman–Crippen LogP) is 6.26. The summed E-state index contributed by atoms with van der Waals surface area (Å²) in [5.41, 5.74) is 5.14. The number of nitrogens with zero attached hydrogens (tertiary/aromatic N) is 1. The van der Waals surface area contributed by atoms with Crippen LogP contribution in [0.15, 0.2) is 103 Å². The number of benzene rings is 4. The fourth-order valence-electron chi connectivity index (χ4n) is 4.29. The number of rotatable bonds is 9. The largest absolute Gasteiger partial charge is 0.489 e. The lowest BCUT2D eigenvalue weighted by Gasteiger charge is -2.42. The molecule has 0 aliphatic carbocycles. The van der Waals surface area contributed by atoms with Gasteiger partial charge in [0.15, 0.2) is 6.29 Å². The summed E-state index contributed by atoms with van der Waals surface area (Å²) in [6.07, 6.45) is 0.927. The minimum absolute atomic E-state index is 0.327. The molecule has 1 fully saturated rings. The van der Waals surface area contributed by atoms with Gasteiger partial charge in [0.25, 0.3) is 0 Å². The van der Waals surface area contributed by atoms with Crippen LogP contribution >= 0.6 is 0 Å². The maximum Gasteiger partial charge on any atom is 0.152 e. The Hall–Kier alpha value is -4.05. The highest BCUT2D eigenvalue weighted by atomic mass is 16.5. The third-order valence-electron chi connectivity index (χ3n) is 6.20. The highest BCUT2D eigenvalue weighted by molar-refractivity contribution is 5.85. The SMILES string of the molecule is O=Cc1ccccc1N1CC(c2ccc(OCc3ccccc3)cc2OCc2ccccc2)C1. The summed E-state index contributed by atoms with van der Waals surface area (Å²) >= 11 is 0. The van der Waals surface area contributed by atoms with E-state index in [4.69, 9.17) is 9.47 Å². The van der Waals surface area contributed by atoms with E-state index in [0.717, 1.165) is 53.3 Å². The summed E-state index contributed by atoms with van der Waals surface area (Å²) in [5.74, 6) is 1.97. The predicted molar refractivity (Wildman–Crippen MR) is 135 cm³/mol. The quantitative estimate of drug-likeness (QED) is 0.283. The van der Waals surface area contributed by atoms with E-state index in [0.29, 0.717) is 19.1 Å². The summed E-state index contributed by atoms with van der Waals surface area (Å²) < 4.78 is 12.4. The number of hydrogen-bond donors (Lipinski definition) is 0. The molecule has 4 aromatic carbocycles. The van der Waals surface area contributed by atoms with Gasteiger partial charge >= 0.3 is 0 Å². The highest BCUT2D eigenvalue weighted by Crippen LogP contribution is 2.39. The van der Waals surface area contributed by atoms with Crippen molar-refractivity contribution in [1.82, 2.24) is 0 Å². The molecule has 0 N–H and O–H groups in total. The lowest BCUT2D eigenvalue weighted by molar-refractivity contribution is 0.112. The number of aldehydes is 1. The maximum absolute atomic E-state index is 11.4. The molecule has 5 rings (SSSR count). The molecule has 4 heteroatoms. The Morgan fingerprint density at radius 2 is 1.35 bits per heavy atom. The van der Waals surface area contributed by atoms with E-state index in [1.807, 2.05) is 72.8 Å². The van der Waals surface area contributed by atoms with Crippen LogP contribution in [0.4, 0.5) is 5.69 Å². The minimum atomic E-state index is 0.327. The Morgan fingerprint density at radius 1 is 0.735 bits per heavy atom. The van der Waals surface area contributed by atoms with Crippen molar-refractivity contribution in [3.8, 4) is 11.5 Å². The van der Waals surface area contributed by atoms with Crippen LogP contribution in [0, 0.1) is 0 Å². The Kier molecular flexibility index (Phi) is 6.57. The molecule has 4 aromatic rings. The van der Waals surface area contributed by atoms with Gasteiger partial charge in [0, 0.05) is 41.9 Å². The van der Waals surface area contributed by atoms with E-state index in [1.165, 1.54) is 5.56 Å². The summed E-state index contributed by atoms with van der Waals surface area (Å²) in [5, 5.41) is 0. The second-order valence-electron chi connectivity index (χ2n) is 8.53. The molecule has 34 heavy (non-hydrogen) atoms. The van der Waals surface area contributed by atoms with Crippen LogP contribution in [-0.4, -0.2) is 19.4 Å². The van der Waals surface area contributed by atoms with Gasteiger partial charge in [-0.15, -0.1) is 0 Å². The molecule has 1 aliphatic rings. The summed E-state index contributed by atoms with van der Waals surface area (Å²) in [6, 6.07) is 34.2. The van der Waals surface area contributed by atoms with Crippen LogP contribution in [0.5, 0.6) is 11.5 Å². The number of para-hydroxylation sites is 1. The second kappa shape index (κ2) is 10.3. The molecule has 0 spiro atoms. The van der Waals surface area contributed by atoms with E-state index in [-0.39, 0.29) is 0 Å². The van der Waals surface area contributed by atoms with Crippen molar-refractivity contribution < 1.29 is 14.3 Å². The molecule has 1 aliphatic heterocycles. The van der Waals surface area contributed by atoms with Crippen LogP contribution in [0.1, 0.15) is 33.0 Å². The van der Waals surface area contributed by atoms with Crippen molar-refractivity contribution in [1.29, 1.82) is 0 Å². The van der Waals surface area contributed by atoms with Crippen molar-refractivity contribution in [3.63, 3.8) is 0 Å². The fraction of sp³-hybridized carbons (Fsp3) is 0.167. The van der Waals surface area contributed by atoms with Gasteiger partial charge in [-0.2, -0.15) is 0 Å². The van der Waals surface area contributed by atoms with Gasteiger partial charge in [-0.25, -0.2) is 0 Å². The zero-order chi connectivity index (χ0) is 23.2. The van der Waals surface area contributed by atoms with E-state index in [2.05, 4.69) is 35.2 Å². The maximum atomic E-state index is 11.4. The van der Waals surface area contributed by atoms with E-state index in [9.17, 15) is 4.79 Å². The Labute approximate surface area is 200 Å². The first kappa shape index (κ1) is 21.8. The first-order valence-electron chi connectivity index (χ1n) is 11.6. The Bertz CT molecular complexity index is 1230. The summed E-state index contributed by atoms with van der Waals surface area (Å²) in [6.45, 7) is 2.70. The molecule has 0 aromatic heterocycles. The van der Waals surface area contributed by atoms with Crippen molar-refractivity contribution >= 4 is 12.0 Å². The minimum Gasteiger partial charge on any atom is -0.489 e. The number of anilines is 1. The number of hydrogen-bond acceptors (Lipinski definition) is 4. The lowest BCUT2D eigenvalue weighted by Crippen LogP contribution is -2.45. The molecule has 0 saturated carbocycles. The molecule has 0 bridgehead atoms. The molecule has 0 unspecified atom stereocenters. The van der Waals surface area contributed by atoms with Crippen LogP contribution in [-0.2, 0) is 13.2 Å². The highest BCUT2D eigenvalue weighted by Gasteiger charge is 2.31. The van der Waals surface area contributed by atoms with E-state index >= 15 is 0 Å². The van der Waals surface area contributed by atoms with Gasteiger partial charge in [-0.1, -0.05) is 78.9 Å². The fourth-order valence-corrected chi connectivity index (χ4v) is 4.29. The van der Waals surface area contributed by atoms with Gasteiger partial charge in [-0.05, 0) is 29.3 Å². The zero-order valence-electron chi connectivity index (χ0n) is 19.0. The third kappa shape index (κ3) is 4.96. The van der Waals surface area contributed by atoms with Crippen molar-refractivity contribution in [3.05, 3.63) is 125 Å². The van der Waals surface area contributed by atoms with Crippen LogP contribution in [0.3, 0.4) is 0 Å². The molecule has 1 heterocycles. The van der Waals surface area contributed by atoms with Crippen molar-refractivity contribution in [2.45, 2.75) is 19.1 Å². The molecule has 170 valence electrons. The third-order valence-corrected chi connectivity index (χ3v) is 6.20. The summed E-state index contributed by atoms with van der Waals surface area (Å²) in [7, 11) is 0. The number of carbonyl (C=O) groups excluding carboxylic acids is 1. The topological polar surface area (TPSA) is 38.8 Å². The Morgan fingerprint density at radius 3 is 2.03 bits per heavy atom. The monoisotopic (exact) mass is 449 g/mol. The first-order chi connectivity index (χ1) is 16.8. The standard InChI is InChI=1S/C30H27NO3/c32-20-25-13-7-8-14-29(25)31-18-26(19-31)28-16-15-27(33-21-23-9-3-1-4-10-23)17-30(28)34-22-24-11-5-2-6-12-24/h1-17,20,26H,18-19,21-22H2. The van der Waals surface area contributed by atoms with Crippen LogP contribution in [0.2, 0.25) is 0 Å². The molecule has 0 radical (unpaired) electrons. The average Bonchev–Trinajstić information content (AvgIpc) is 2.87. The smallest absolute Gasteiger partial charge is 0.152 e. The van der Waals surface area contributed by atoms with Crippen molar-refractivity contribution in [2.24, 2.45) is 0 Å². The molecule has 4 nitrogen and oxygen atoms in total. The second-order valence-corrected chi connectivity index (χ2v) is 8.53. The van der Waals surface area contributed by atoms with Crippen LogP contribution < -0.4 is 14.4 Å². The van der Waals surface area contributed by atoms with E-state index in [1.54, 1.807) is 0 Å². The van der Waals surface area contributed by atoms with Gasteiger partial charge in [0.1, 0.15) is 24.7 Å². The zero-order valence-corrected chi connectivity index (χ0v) is 19.0. The average molecular weight is 450 g/mol. The normalized spacial score (nSPS) is 13.2. The van der Waals surface area contributed by atoms with Gasteiger partial charge in [0.05, 0.1) is 0 Å². The molecule has 1 saturated heterocycles. The number of ether oxygens (including phenoxy) is 2. The van der Waals surface area contributed by atoms with Crippen molar-refractivity contribution in [2.75, 3.05) is 18.0 Å². The molecular formula is C30H27NO3. The van der Waals surface area contributed by atoms with Crippen LogP contribution in [0.25, 0.3) is 0 Å². The van der Waals surface area contributed by atoms with E-state index < -0.39 is 0 Å². The number of carbonyl (C=O) groups is 1. The lowest BCUT2D eigenvalue weighted by atomic mass is 9.89. The van der Waals surface area contributed by atoms with Gasteiger partial charge in [-0.3, -0.25) is 4.79 Å².